The van der Waals surface area contributed by atoms with Gasteiger partial charge in [-0.1, -0.05) is 11.6 Å². The molecule has 0 amide bonds. The molecule has 2 aromatic rings. The lowest BCUT2D eigenvalue weighted by molar-refractivity contribution is 0.0701. The quantitative estimate of drug-likeness (QED) is 0.886. The third kappa shape index (κ3) is 3.05. The fourth-order valence-corrected chi connectivity index (χ4v) is 3.50. The van der Waals surface area contributed by atoms with Gasteiger partial charge in [0, 0.05) is 30.1 Å². The van der Waals surface area contributed by atoms with Crippen molar-refractivity contribution in [3.63, 3.8) is 0 Å². The Kier molecular flexibility index (Phi) is 4.14. The van der Waals surface area contributed by atoms with E-state index in [1.165, 1.54) is 11.3 Å². The number of aromatic carboxylic acids is 1. The number of ether oxygens (including phenoxy) is 1. The molecule has 0 aliphatic carbocycles. The lowest BCUT2D eigenvalue weighted by atomic mass is 10.1. The second kappa shape index (κ2) is 6.05. The molecule has 1 aromatic carbocycles. The van der Waals surface area contributed by atoms with Crippen molar-refractivity contribution in [2.75, 3.05) is 6.61 Å². The van der Waals surface area contributed by atoms with Crippen LogP contribution in [0.3, 0.4) is 0 Å². The molecule has 2 heterocycles. The molecule has 0 unspecified atom stereocenters. The summed E-state index contributed by atoms with van der Waals surface area (Å²) >= 11 is 7.36. The highest BCUT2D eigenvalue weighted by Gasteiger charge is 2.17. The van der Waals surface area contributed by atoms with E-state index in [9.17, 15) is 4.79 Å². The molecule has 6 heteroatoms. The molecular weight excluding hydrogens is 310 g/mol. The number of nitrogens with one attached hydrogen (secondary N) is 1. The van der Waals surface area contributed by atoms with Crippen LogP contribution in [0, 0.1) is 0 Å². The first kappa shape index (κ1) is 14.4. The highest BCUT2D eigenvalue weighted by atomic mass is 35.5. The largest absolute Gasteiger partial charge is 0.493 e. The van der Waals surface area contributed by atoms with E-state index in [0.29, 0.717) is 29.6 Å². The van der Waals surface area contributed by atoms with Gasteiger partial charge in [-0.3, -0.25) is 0 Å². The number of rotatable bonds is 5. The standard InChI is InChI=1S/C15H14ClNO3S/c16-12-5-9-1-3-20-13(9)11(6-12)8-17-7-10-2-4-21-14(10)15(18)19/h2,4-6,17H,1,3,7-8H2,(H,18,19). The molecule has 0 spiro atoms. The molecule has 0 radical (unpaired) electrons. The van der Waals surface area contributed by atoms with Gasteiger partial charge in [-0.15, -0.1) is 11.3 Å². The first-order valence-electron chi connectivity index (χ1n) is 6.59. The zero-order valence-electron chi connectivity index (χ0n) is 11.2. The number of halogens is 1. The number of carboxylic acids is 1. The molecule has 21 heavy (non-hydrogen) atoms. The lowest BCUT2D eigenvalue weighted by Gasteiger charge is -2.10. The van der Waals surface area contributed by atoms with Crippen molar-refractivity contribution in [1.29, 1.82) is 0 Å². The smallest absolute Gasteiger partial charge is 0.346 e. The summed E-state index contributed by atoms with van der Waals surface area (Å²) in [6, 6.07) is 5.67. The number of hydrogen-bond donors (Lipinski definition) is 2. The normalized spacial score (nSPS) is 13.0. The van der Waals surface area contributed by atoms with Gasteiger partial charge in [0.15, 0.2) is 0 Å². The van der Waals surface area contributed by atoms with E-state index >= 15 is 0 Å². The number of benzene rings is 1. The van der Waals surface area contributed by atoms with Crippen molar-refractivity contribution < 1.29 is 14.6 Å². The average Bonchev–Trinajstić information content (AvgIpc) is 3.06. The Balaban J connectivity index is 1.69. The maximum Gasteiger partial charge on any atom is 0.346 e. The molecule has 0 saturated heterocycles. The predicted octanol–water partition coefficient (Wildman–Crippen LogP) is 3.32. The minimum atomic E-state index is -0.881. The Bertz CT molecular complexity index is 684. The van der Waals surface area contributed by atoms with Crippen molar-refractivity contribution in [3.05, 3.63) is 50.2 Å². The van der Waals surface area contributed by atoms with E-state index in [0.717, 1.165) is 28.9 Å². The summed E-state index contributed by atoms with van der Waals surface area (Å²) in [5.74, 6) is 0.0319. The van der Waals surface area contributed by atoms with Crippen molar-refractivity contribution >= 4 is 28.9 Å². The third-order valence-corrected chi connectivity index (χ3v) is 4.56. The molecule has 2 N–H and O–H groups in total. The number of hydrogen-bond acceptors (Lipinski definition) is 4. The highest BCUT2D eigenvalue weighted by Crippen LogP contribution is 2.32. The average molecular weight is 324 g/mol. The van der Waals surface area contributed by atoms with Gasteiger partial charge in [0.25, 0.3) is 0 Å². The van der Waals surface area contributed by atoms with E-state index in [-0.39, 0.29) is 0 Å². The maximum atomic E-state index is 11.1. The van der Waals surface area contributed by atoms with E-state index in [1.807, 2.05) is 18.2 Å². The molecule has 1 aliphatic heterocycles. The van der Waals surface area contributed by atoms with Crippen molar-refractivity contribution in [3.8, 4) is 5.75 Å². The summed E-state index contributed by atoms with van der Waals surface area (Å²) in [5.41, 5.74) is 2.95. The lowest BCUT2D eigenvalue weighted by Crippen LogP contribution is -2.14. The summed E-state index contributed by atoms with van der Waals surface area (Å²) in [5, 5.41) is 14.8. The van der Waals surface area contributed by atoms with Crippen LogP contribution in [0.2, 0.25) is 5.02 Å². The Labute approximate surface area is 131 Å². The molecule has 1 aromatic heterocycles. The van der Waals surface area contributed by atoms with E-state index in [2.05, 4.69) is 5.32 Å². The number of carboxylic acid groups (broad SMARTS) is 1. The second-order valence-electron chi connectivity index (χ2n) is 4.84. The van der Waals surface area contributed by atoms with Gasteiger partial charge >= 0.3 is 5.97 Å². The van der Waals surface area contributed by atoms with E-state index in [1.54, 1.807) is 5.38 Å². The number of thiophene rings is 1. The minimum Gasteiger partial charge on any atom is -0.493 e. The van der Waals surface area contributed by atoms with Crippen LogP contribution in [-0.4, -0.2) is 17.7 Å². The van der Waals surface area contributed by atoms with Crippen molar-refractivity contribution in [1.82, 2.24) is 5.32 Å². The van der Waals surface area contributed by atoms with E-state index in [4.69, 9.17) is 21.4 Å². The Morgan fingerprint density at radius 3 is 3.00 bits per heavy atom. The van der Waals surface area contributed by atoms with Gasteiger partial charge in [0.1, 0.15) is 10.6 Å². The zero-order valence-corrected chi connectivity index (χ0v) is 12.8. The Morgan fingerprint density at radius 1 is 1.38 bits per heavy atom. The molecule has 0 fully saturated rings. The molecule has 0 bridgehead atoms. The van der Waals surface area contributed by atoms with Crippen LogP contribution in [0.4, 0.5) is 0 Å². The molecule has 110 valence electrons. The van der Waals surface area contributed by atoms with Gasteiger partial charge in [-0.05, 0) is 34.7 Å². The first-order valence-corrected chi connectivity index (χ1v) is 7.85. The molecule has 3 rings (SSSR count). The first-order chi connectivity index (χ1) is 10.1. The van der Waals surface area contributed by atoms with Crippen LogP contribution in [0.5, 0.6) is 5.75 Å². The van der Waals surface area contributed by atoms with E-state index < -0.39 is 5.97 Å². The monoisotopic (exact) mass is 323 g/mol. The van der Waals surface area contributed by atoms with Crippen LogP contribution in [0.1, 0.15) is 26.4 Å². The van der Waals surface area contributed by atoms with Crippen LogP contribution >= 0.6 is 22.9 Å². The topological polar surface area (TPSA) is 58.6 Å². The van der Waals surface area contributed by atoms with Gasteiger partial charge in [-0.2, -0.15) is 0 Å². The fraction of sp³-hybridized carbons (Fsp3) is 0.267. The summed E-state index contributed by atoms with van der Waals surface area (Å²) in [7, 11) is 0. The van der Waals surface area contributed by atoms with Crippen molar-refractivity contribution in [2.24, 2.45) is 0 Å². The summed E-state index contributed by atoms with van der Waals surface area (Å²) < 4.78 is 5.64. The van der Waals surface area contributed by atoms with Gasteiger partial charge in [0.2, 0.25) is 0 Å². The van der Waals surface area contributed by atoms with Gasteiger partial charge in [0.05, 0.1) is 6.61 Å². The summed E-state index contributed by atoms with van der Waals surface area (Å²) in [4.78, 5) is 11.4. The summed E-state index contributed by atoms with van der Waals surface area (Å²) in [6.45, 7) is 1.79. The van der Waals surface area contributed by atoms with Crippen LogP contribution in [0.25, 0.3) is 0 Å². The number of carbonyl (C=O) groups is 1. The predicted molar refractivity (Wildman–Crippen MR) is 82.5 cm³/mol. The second-order valence-corrected chi connectivity index (χ2v) is 6.19. The van der Waals surface area contributed by atoms with Crippen LogP contribution < -0.4 is 10.1 Å². The maximum absolute atomic E-state index is 11.1. The SMILES string of the molecule is O=C(O)c1sccc1CNCc1cc(Cl)cc2c1OCC2. The molecule has 4 nitrogen and oxygen atoms in total. The van der Waals surface area contributed by atoms with Crippen molar-refractivity contribution in [2.45, 2.75) is 19.5 Å². The molecule has 0 saturated carbocycles. The van der Waals surface area contributed by atoms with Gasteiger partial charge in [-0.25, -0.2) is 4.79 Å². The highest BCUT2D eigenvalue weighted by molar-refractivity contribution is 7.12. The zero-order chi connectivity index (χ0) is 14.8. The molecule has 0 atom stereocenters. The fourth-order valence-electron chi connectivity index (χ4n) is 2.47. The molecular formula is C15H14ClNO3S. The van der Waals surface area contributed by atoms with Crippen LogP contribution in [-0.2, 0) is 19.5 Å². The minimum absolute atomic E-state index is 0.384. The molecule has 1 aliphatic rings. The Hall–Kier alpha value is -1.56. The van der Waals surface area contributed by atoms with Crippen LogP contribution in [0.15, 0.2) is 23.6 Å². The Morgan fingerprint density at radius 2 is 2.19 bits per heavy atom. The number of fused-ring (bicyclic) bond motifs is 1. The summed E-state index contributed by atoms with van der Waals surface area (Å²) in [6.07, 6.45) is 0.886. The third-order valence-electron chi connectivity index (χ3n) is 3.40. The van der Waals surface area contributed by atoms with Gasteiger partial charge < -0.3 is 15.2 Å².